The summed E-state index contributed by atoms with van der Waals surface area (Å²) in [4.78, 5) is 22.4. The molecule has 7 rings (SSSR count). The van der Waals surface area contributed by atoms with Gasteiger partial charge in [-0.25, -0.2) is 19.0 Å². The van der Waals surface area contributed by atoms with Crippen molar-refractivity contribution < 1.29 is 13.9 Å². The van der Waals surface area contributed by atoms with Crippen molar-refractivity contribution in [3.63, 3.8) is 0 Å². The van der Waals surface area contributed by atoms with Crippen molar-refractivity contribution in [1.29, 1.82) is 0 Å². The van der Waals surface area contributed by atoms with E-state index in [9.17, 15) is 9.18 Å². The van der Waals surface area contributed by atoms with E-state index in [-0.39, 0.29) is 24.5 Å². The largest absolute Gasteiger partial charge is 0.357 e. The Morgan fingerprint density at radius 1 is 1.02 bits per heavy atom. The van der Waals surface area contributed by atoms with Crippen LogP contribution in [0, 0.1) is 5.92 Å². The summed E-state index contributed by atoms with van der Waals surface area (Å²) in [6.45, 7) is 5.03. The number of alkyl halides is 1. The molecule has 45 heavy (non-hydrogen) atoms. The maximum atomic E-state index is 13.6. The van der Waals surface area contributed by atoms with Crippen molar-refractivity contribution in [1.82, 2.24) is 14.8 Å². The normalized spacial score (nSPS) is 19.4. The number of anilines is 1. The van der Waals surface area contributed by atoms with Gasteiger partial charge in [0.1, 0.15) is 18.2 Å². The van der Waals surface area contributed by atoms with Crippen molar-refractivity contribution in [3.8, 4) is 11.1 Å². The second-order valence-electron chi connectivity index (χ2n) is 12.2. The van der Waals surface area contributed by atoms with E-state index < -0.39 is 12.1 Å². The second-order valence-corrected chi connectivity index (χ2v) is 12.2. The Morgan fingerprint density at radius 2 is 1.73 bits per heavy atom. The fraction of sp³-hybridized carbons (Fsp3) is 0.297. The van der Waals surface area contributed by atoms with Crippen LogP contribution in [0.5, 0.6) is 0 Å². The number of ether oxygens (including phenoxy) is 1. The minimum Gasteiger partial charge on any atom is -0.357 e. The molecule has 2 aromatic heterocycles. The van der Waals surface area contributed by atoms with Gasteiger partial charge in [-0.05, 0) is 60.7 Å². The summed E-state index contributed by atoms with van der Waals surface area (Å²) in [5, 5.41) is 9.53. The van der Waals surface area contributed by atoms with Crippen LogP contribution >= 0.6 is 0 Å². The Labute approximate surface area is 262 Å². The van der Waals surface area contributed by atoms with Crippen LogP contribution < -0.4 is 5.32 Å². The number of halogens is 1. The van der Waals surface area contributed by atoms with E-state index in [0.717, 1.165) is 76.0 Å². The first-order valence-electron chi connectivity index (χ1n) is 15.7. The lowest BCUT2D eigenvalue weighted by molar-refractivity contribution is -0.117. The molecular weight excluding hydrogens is 565 g/mol. The molecular formula is C37H36FN5O2. The van der Waals surface area contributed by atoms with Crippen LogP contribution in [0.3, 0.4) is 0 Å². The third-order valence-corrected chi connectivity index (χ3v) is 8.51. The molecule has 1 aliphatic carbocycles. The number of carbonyl (C=O) groups is 1. The molecule has 3 atom stereocenters. The molecule has 1 amide bonds. The van der Waals surface area contributed by atoms with Crippen molar-refractivity contribution in [2.45, 2.75) is 57.8 Å². The van der Waals surface area contributed by atoms with Crippen molar-refractivity contribution in [3.05, 3.63) is 108 Å². The minimum absolute atomic E-state index is 0.0847. The summed E-state index contributed by atoms with van der Waals surface area (Å²) < 4.78 is 21.7. The molecule has 1 N–H and O–H groups in total. The average molecular weight is 602 g/mol. The zero-order valence-corrected chi connectivity index (χ0v) is 25.5. The van der Waals surface area contributed by atoms with Crippen LogP contribution in [0.15, 0.2) is 96.2 Å². The third-order valence-electron chi connectivity index (χ3n) is 8.51. The van der Waals surface area contributed by atoms with Crippen LogP contribution in [-0.4, -0.2) is 39.2 Å². The first-order valence-corrected chi connectivity index (χ1v) is 15.7. The van der Waals surface area contributed by atoms with Gasteiger partial charge in [-0.2, -0.15) is 5.10 Å². The summed E-state index contributed by atoms with van der Waals surface area (Å²) in [7, 11) is 0. The number of nitrogens with zero attached hydrogens (tertiary/aromatic N) is 4. The highest BCUT2D eigenvalue weighted by Gasteiger charge is 2.43. The van der Waals surface area contributed by atoms with Gasteiger partial charge in [0.15, 0.2) is 0 Å². The SMILES string of the molecule is CC(C)c1nn(C2CCCCO2)cc1-c1cc(N=C(c2ccccc2)c2ccccc2)c2cnc(NC(=O)[C@@H]3C[C@H]3F)cc2c1. The van der Waals surface area contributed by atoms with Gasteiger partial charge >= 0.3 is 0 Å². The summed E-state index contributed by atoms with van der Waals surface area (Å²) in [6, 6.07) is 26.3. The zero-order chi connectivity index (χ0) is 30.9. The predicted molar refractivity (Wildman–Crippen MR) is 176 cm³/mol. The maximum Gasteiger partial charge on any atom is 0.231 e. The second kappa shape index (κ2) is 12.4. The molecule has 2 aliphatic rings. The molecule has 0 radical (unpaired) electrons. The van der Waals surface area contributed by atoms with Gasteiger partial charge in [0.25, 0.3) is 0 Å². The quantitative estimate of drug-likeness (QED) is 0.181. The number of aromatic nitrogens is 3. The first-order chi connectivity index (χ1) is 21.9. The molecule has 1 saturated heterocycles. The Kier molecular flexibility index (Phi) is 7.98. The number of aliphatic imine (C=N–C) groups is 1. The summed E-state index contributed by atoms with van der Waals surface area (Å²) in [6.07, 6.45) is 6.04. The number of hydrogen-bond acceptors (Lipinski definition) is 5. The smallest absolute Gasteiger partial charge is 0.231 e. The van der Waals surface area contributed by atoms with Gasteiger partial charge in [-0.1, -0.05) is 74.5 Å². The van der Waals surface area contributed by atoms with E-state index in [4.69, 9.17) is 14.8 Å². The number of rotatable bonds is 8. The van der Waals surface area contributed by atoms with Crippen LogP contribution in [0.1, 0.15) is 68.5 Å². The molecule has 0 spiro atoms. The Hall–Kier alpha value is -4.69. The van der Waals surface area contributed by atoms with Gasteiger partial charge in [0.2, 0.25) is 5.91 Å². The van der Waals surface area contributed by atoms with Gasteiger partial charge < -0.3 is 10.1 Å². The van der Waals surface area contributed by atoms with Crippen molar-refractivity contribution >= 4 is 33.9 Å². The van der Waals surface area contributed by atoms with Gasteiger partial charge in [-0.15, -0.1) is 0 Å². The van der Waals surface area contributed by atoms with E-state index in [1.165, 1.54) is 0 Å². The van der Waals surface area contributed by atoms with Crippen molar-refractivity contribution in [2.75, 3.05) is 11.9 Å². The molecule has 5 aromatic rings. The van der Waals surface area contributed by atoms with E-state index >= 15 is 0 Å². The molecule has 3 aromatic carbocycles. The summed E-state index contributed by atoms with van der Waals surface area (Å²) in [5.74, 6) is -0.374. The highest BCUT2D eigenvalue weighted by atomic mass is 19.1. The van der Waals surface area contributed by atoms with E-state index in [1.807, 2.05) is 47.1 Å². The zero-order valence-electron chi connectivity index (χ0n) is 25.5. The first kappa shape index (κ1) is 29.0. The Morgan fingerprint density at radius 3 is 2.36 bits per heavy atom. The number of fused-ring (bicyclic) bond motifs is 1. The van der Waals surface area contributed by atoms with E-state index in [2.05, 4.69) is 66.7 Å². The predicted octanol–water partition coefficient (Wildman–Crippen LogP) is 8.39. The summed E-state index contributed by atoms with van der Waals surface area (Å²) in [5.41, 5.74) is 6.53. The molecule has 1 unspecified atom stereocenters. The molecule has 3 heterocycles. The van der Waals surface area contributed by atoms with Crippen molar-refractivity contribution in [2.24, 2.45) is 10.9 Å². The lowest BCUT2D eigenvalue weighted by Gasteiger charge is -2.22. The molecule has 2 fully saturated rings. The van der Waals surface area contributed by atoms with Crippen LogP contribution in [-0.2, 0) is 9.53 Å². The number of amides is 1. The van der Waals surface area contributed by atoms with Crippen LogP contribution in [0.25, 0.3) is 21.9 Å². The maximum absolute atomic E-state index is 13.6. The number of benzene rings is 3. The fourth-order valence-corrected chi connectivity index (χ4v) is 5.95. The topological polar surface area (TPSA) is 81.4 Å². The molecule has 1 aliphatic heterocycles. The fourth-order valence-electron chi connectivity index (χ4n) is 5.95. The highest BCUT2D eigenvalue weighted by molar-refractivity contribution is 6.15. The molecule has 1 saturated carbocycles. The monoisotopic (exact) mass is 601 g/mol. The van der Waals surface area contributed by atoms with Crippen LogP contribution in [0.2, 0.25) is 0 Å². The number of hydrogen-bond donors (Lipinski definition) is 1. The third kappa shape index (κ3) is 6.15. The minimum atomic E-state index is -1.08. The highest BCUT2D eigenvalue weighted by Crippen LogP contribution is 2.39. The Balaban J connectivity index is 1.40. The van der Waals surface area contributed by atoms with Gasteiger partial charge in [0, 0.05) is 41.1 Å². The standard InChI is InChI=1S/C37H36FN5O2/c1-23(2)35-30(22-43(42-35)34-15-9-10-16-45-34)26-17-27-19-33(41-37(44)28-20-31(28)38)39-21-29(27)32(18-26)40-36(24-11-5-3-6-12-24)25-13-7-4-8-14-25/h3-8,11-14,17-19,21-23,28,31,34H,9-10,15-16,20H2,1-2H3,(H,39,41,44)/t28-,31-,34?/m1/s1. The summed E-state index contributed by atoms with van der Waals surface area (Å²) >= 11 is 0. The lowest BCUT2D eigenvalue weighted by atomic mass is 9.96. The van der Waals surface area contributed by atoms with E-state index in [0.29, 0.717) is 5.82 Å². The lowest BCUT2D eigenvalue weighted by Crippen LogP contribution is -2.18. The molecule has 228 valence electrons. The molecule has 0 bridgehead atoms. The molecule has 7 nitrogen and oxygen atoms in total. The Bertz CT molecular complexity index is 1820. The average Bonchev–Trinajstić information content (AvgIpc) is 3.63. The number of carbonyl (C=O) groups excluding carboxylic acids is 1. The van der Waals surface area contributed by atoms with E-state index in [1.54, 1.807) is 6.20 Å². The number of pyridine rings is 1. The molecule has 8 heteroatoms. The number of nitrogens with one attached hydrogen (secondary N) is 1. The van der Waals surface area contributed by atoms with Crippen LogP contribution in [0.4, 0.5) is 15.9 Å². The van der Waals surface area contributed by atoms with Gasteiger partial charge in [-0.3, -0.25) is 4.79 Å². The van der Waals surface area contributed by atoms with Gasteiger partial charge in [0.05, 0.1) is 23.0 Å².